The minimum absolute atomic E-state index is 0.0277. The number of aliphatic hydroxyl groups is 1. The predicted octanol–water partition coefficient (Wildman–Crippen LogP) is 4.32. The van der Waals surface area contributed by atoms with Crippen LogP contribution in [0.15, 0.2) is 57.6 Å². The van der Waals surface area contributed by atoms with E-state index in [-0.39, 0.29) is 39.0 Å². The van der Waals surface area contributed by atoms with Crippen LogP contribution in [0.1, 0.15) is 28.4 Å². The summed E-state index contributed by atoms with van der Waals surface area (Å²) in [5.74, 6) is -2.79. The quantitative estimate of drug-likeness (QED) is 0.347. The lowest BCUT2D eigenvalue weighted by Crippen LogP contribution is -2.14. The molecule has 1 aliphatic heterocycles. The molecule has 1 amide bonds. The number of nitro groups is 1. The standard InChI is InChI=1S/C23H20N2O8S/c1-4-33-23(29)18-20(27)17(11-13-9-15(25(30)31)19(26)16(10-13)32-3)34-22(18)24-21(28)14-7-5-12(2)6-8-14/h5-11,26-27H,4H2,1-3H3/b17-11-,24-22?. The number of hydrogen-bond donors (Lipinski definition) is 2. The van der Waals surface area contributed by atoms with Crippen LogP contribution in [0.5, 0.6) is 11.5 Å². The van der Waals surface area contributed by atoms with Crippen LogP contribution in [-0.4, -0.2) is 45.8 Å². The van der Waals surface area contributed by atoms with E-state index in [2.05, 4.69) is 4.99 Å². The minimum Gasteiger partial charge on any atom is -0.506 e. The van der Waals surface area contributed by atoms with Gasteiger partial charge in [-0.15, -0.1) is 0 Å². The molecule has 34 heavy (non-hydrogen) atoms. The van der Waals surface area contributed by atoms with E-state index in [1.54, 1.807) is 31.2 Å². The molecule has 0 atom stereocenters. The van der Waals surface area contributed by atoms with Crippen molar-refractivity contribution >= 4 is 40.4 Å². The molecule has 0 radical (unpaired) electrons. The summed E-state index contributed by atoms with van der Waals surface area (Å²) in [6.45, 7) is 3.48. The van der Waals surface area contributed by atoms with Gasteiger partial charge >= 0.3 is 11.7 Å². The third-order valence-corrected chi connectivity index (χ3v) is 5.68. The highest BCUT2D eigenvalue weighted by Crippen LogP contribution is 2.42. The van der Waals surface area contributed by atoms with Gasteiger partial charge in [-0.25, -0.2) is 9.79 Å². The molecule has 11 heteroatoms. The van der Waals surface area contributed by atoms with E-state index >= 15 is 0 Å². The number of aliphatic imine (C=N–C) groups is 1. The Kier molecular flexibility index (Phi) is 7.37. The molecule has 0 saturated heterocycles. The van der Waals surface area contributed by atoms with Crippen LogP contribution >= 0.6 is 11.8 Å². The highest BCUT2D eigenvalue weighted by molar-refractivity contribution is 8.18. The maximum atomic E-state index is 12.7. The third kappa shape index (κ3) is 5.09. The Bertz CT molecular complexity index is 1260. The van der Waals surface area contributed by atoms with Gasteiger partial charge < -0.3 is 19.7 Å². The summed E-state index contributed by atoms with van der Waals surface area (Å²) in [6, 6.07) is 9.06. The first kappa shape index (κ1) is 24.5. The molecule has 3 rings (SSSR count). The van der Waals surface area contributed by atoms with Crippen LogP contribution in [0.4, 0.5) is 5.69 Å². The fourth-order valence-electron chi connectivity index (χ4n) is 2.99. The number of hydrogen-bond acceptors (Lipinski definition) is 9. The van der Waals surface area contributed by atoms with Crippen LogP contribution in [0.3, 0.4) is 0 Å². The third-order valence-electron chi connectivity index (χ3n) is 4.66. The zero-order valence-corrected chi connectivity index (χ0v) is 19.2. The van der Waals surface area contributed by atoms with Crippen molar-refractivity contribution in [3.63, 3.8) is 0 Å². The first-order valence-corrected chi connectivity index (χ1v) is 10.7. The Labute approximate surface area is 198 Å². The molecule has 0 bridgehead atoms. The van der Waals surface area contributed by atoms with Gasteiger partial charge in [0.05, 0.1) is 23.5 Å². The summed E-state index contributed by atoms with van der Waals surface area (Å²) < 4.78 is 9.98. The van der Waals surface area contributed by atoms with E-state index in [9.17, 15) is 29.9 Å². The Morgan fingerprint density at radius 1 is 1.21 bits per heavy atom. The molecule has 1 aliphatic rings. The smallest absolute Gasteiger partial charge is 0.344 e. The second kappa shape index (κ2) is 10.2. The number of amides is 1. The topological polar surface area (TPSA) is 149 Å². The molecular formula is C23H20N2O8S. The maximum Gasteiger partial charge on any atom is 0.344 e. The van der Waals surface area contributed by atoms with E-state index in [1.165, 1.54) is 19.3 Å². The van der Waals surface area contributed by atoms with E-state index in [0.717, 1.165) is 23.4 Å². The fraction of sp³-hybridized carbons (Fsp3) is 0.174. The highest BCUT2D eigenvalue weighted by atomic mass is 32.2. The van der Waals surface area contributed by atoms with Gasteiger partial charge in [-0.1, -0.05) is 29.5 Å². The van der Waals surface area contributed by atoms with E-state index < -0.39 is 34.0 Å². The molecule has 2 N–H and O–H groups in total. The summed E-state index contributed by atoms with van der Waals surface area (Å²) in [4.78, 5) is 39.7. The summed E-state index contributed by atoms with van der Waals surface area (Å²) in [7, 11) is 1.23. The summed E-state index contributed by atoms with van der Waals surface area (Å²) in [5, 5.41) is 31.9. The molecule has 0 unspecified atom stereocenters. The number of carbonyl (C=O) groups is 2. The first-order valence-electron chi connectivity index (χ1n) is 9.92. The fourth-order valence-corrected chi connectivity index (χ4v) is 4.00. The molecule has 176 valence electrons. The number of ether oxygens (including phenoxy) is 2. The number of methoxy groups -OCH3 is 1. The number of aromatic hydroxyl groups is 1. The zero-order chi connectivity index (χ0) is 25.0. The summed E-state index contributed by atoms with van der Waals surface area (Å²) in [6.07, 6.45) is 1.34. The van der Waals surface area contributed by atoms with Crippen molar-refractivity contribution in [2.45, 2.75) is 13.8 Å². The van der Waals surface area contributed by atoms with Crippen molar-refractivity contribution in [3.8, 4) is 11.5 Å². The van der Waals surface area contributed by atoms with Crippen molar-refractivity contribution in [2.75, 3.05) is 13.7 Å². The van der Waals surface area contributed by atoms with Gasteiger partial charge in [-0.3, -0.25) is 14.9 Å². The lowest BCUT2D eigenvalue weighted by atomic mass is 10.1. The number of esters is 1. The Morgan fingerprint density at radius 3 is 2.47 bits per heavy atom. The molecule has 10 nitrogen and oxygen atoms in total. The summed E-state index contributed by atoms with van der Waals surface area (Å²) >= 11 is 0.826. The van der Waals surface area contributed by atoms with Gasteiger partial charge in [0, 0.05) is 11.6 Å². The molecule has 2 aromatic rings. The van der Waals surface area contributed by atoms with Gasteiger partial charge in [0.15, 0.2) is 5.75 Å². The van der Waals surface area contributed by atoms with Gasteiger partial charge in [0.25, 0.3) is 5.91 Å². The zero-order valence-electron chi connectivity index (χ0n) is 18.4. The molecule has 0 spiro atoms. The molecule has 0 saturated carbocycles. The van der Waals surface area contributed by atoms with Crippen LogP contribution in [-0.2, 0) is 9.53 Å². The van der Waals surface area contributed by atoms with Gasteiger partial charge in [0.2, 0.25) is 5.75 Å². The number of nitrogens with zero attached hydrogens (tertiary/aromatic N) is 2. The SMILES string of the molecule is CCOC(=O)C1=C(O)/C(=C/c2cc(OC)c(O)c([N+](=O)[O-])c2)SC1=NC(=O)c1ccc(C)cc1. The molecule has 0 fully saturated rings. The maximum absolute atomic E-state index is 12.7. The minimum atomic E-state index is -0.874. The molecule has 1 heterocycles. The number of thioether (sulfide) groups is 1. The molecule has 0 aliphatic carbocycles. The van der Waals surface area contributed by atoms with Crippen LogP contribution in [0.25, 0.3) is 6.08 Å². The molecular weight excluding hydrogens is 464 g/mol. The second-order valence-corrected chi connectivity index (χ2v) is 8.02. The van der Waals surface area contributed by atoms with Gasteiger partial charge in [-0.2, -0.15) is 0 Å². The van der Waals surface area contributed by atoms with Crippen molar-refractivity contribution in [3.05, 3.63) is 79.4 Å². The Morgan fingerprint density at radius 2 is 1.88 bits per heavy atom. The largest absolute Gasteiger partial charge is 0.506 e. The number of rotatable bonds is 6. The Balaban J connectivity index is 2.08. The number of aryl methyl sites for hydroxylation is 1. The lowest BCUT2D eigenvalue weighted by molar-refractivity contribution is -0.386. The van der Waals surface area contributed by atoms with Crippen molar-refractivity contribution in [1.82, 2.24) is 0 Å². The normalized spacial score (nSPS) is 15.6. The molecule has 2 aromatic carbocycles. The van der Waals surface area contributed by atoms with Crippen molar-refractivity contribution < 1.29 is 34.2 Å². The number of aliphatic hydroxyl groups excluding tert-OH is 1. The monoisotopic (exact) mass is 484 g/mol. The lowest BCUT2D eigenvalue weighted by Gasteiger charge is -2.06. The van der Waals surface area contributed by atoms with Crippen LogP contribution in [0.2, 0.25) is 0 Å². The number of nitro benzene ring substituents is 1. The van der Waals surface area contributed by atoms with Crippen LogP contribution < -0.4 is 4.74 Å². The van der Waals surface area contributed by atoms with Gasteiger partial charge in [0.1, 0.15) is 16.4 Å². The molecule has 0 aromatic heterocycles. The van der Waals surface area contributed by atoms with E-state index in [4.69, 9.17) is 9.47 Å². The predicted molar refractivity (Wildman–Crippen MR) is 126 cm³/mol. The van der Waals surface area contributed by atoms with Crippen LogP contribution in [0, 0.1) is 17.0 Å². The number of phenolic OH excluding ortho intramolecular Hbond substituents is 1. The number of phenols is 1. The van der Waals surface area contributed by atoms with E-state index in [0.29, 0.717) is 0 Å². The second-order valence-electron chi connectivity index (χ2n) is 6.99. The van der Waals surface area contributed by atoms with E-state index in [1.807, 2.05) is 6.92 Å². The number of carbonyl (C=O) groups excluding carboxylic acids is 2. The Hall–Kier alpha value is -4.12. The van der Waals surface area contributed by atoms with Crippen molar-refractivity contribution in [1.29, 1.82) is 0 Å². The number of benzene rings is 2. The average Bonchev–Trinajstić information content (AvgIpc) is 3.09. The average molecular weight is 484 g/mol. The summed E-state index contributed by atoms with van der Waals surface area (Å²) in [5.41, 5.74) is 0.542. The van der Waals surface area contributed by atoms with Gasteiger partial charge in [-0.05, 0) is 43.7 Å². The highest BCUT2D eigenvalue weighted by Gasteiger charge is 2.34. The first-order chi connectivity index (χ1) is 16.2. The van der Waals surface area contributed by atoms with Crippen molar-refractivity contribution in [2.24, 2.45) is 4.99 Å².